The van der Waals surface area contributed by atoms with E-state index in [0.29, 0.717) is 18.0 Å². The number of rotatable bonds is 5. The lowest BCUT2D eigenvalue weighted by molar-refractivity contribution is -0.137. The first-order valence-corrected chi connectivity index (χ1v) is 6.93. The zero-order valence-electron chi connectivity index (χ0n) is 11.8. The topological polar surface area (TPSA) is 29.3 Å². The molecule has 0 radical (unpaired) electrons. The second-order valence-electron chi connectivity index (χ2n) is 5.61. The molecule has 1 aromatic rings. The minimum atomic E-state index is -4.29. The molecular weight excluding hydrogens is 265 g/mol. The van der Waals surface area contributed by atoms with Gasteiger partial charge in [-0.1, -0.05) is 12.1 Å². The highest BCUT2D eigenvalue weighted by atomic mass is 19.4. The van der Waals surface area contributed by atoms with Gasteiger partial charge >= 0.3 is 6.18 Å². The molecular formula is C15H21F3N2. The predicted molar refractivity (Wildman–Crippen MR) is 73.2 cm³/mol. The van der Waals surface area contributed by atoms with Gasteiger partial charge in [0.1, 0.15) is 0 Å². The summed E-state index contributed by atoms with van der Waals surface area (Å²) >= 11 is 0. The Labute approximate surface area is 117 Å². The summed E-state index contributed by atoms with van der Waals surface area (Å²) in [5.41, 5.74) is 5.90. The number of nitrogens with two attached hydrogens (primary N) is 1. The fourth-order valence-electron chi connectivity index (χ4n) is 2.67. The van der Waals surface area contributed by atoms with Gasteiger partial charge in [-0.15, -0.1) is 0 Å². The molecule has 0 aromatic heterocycles. The van der Waals surface area contributed by atoms with Crippen LogP contribution in [0.1, 0.15) is 36.9 Å². The van der Waals surface area contributed by atoms with Crippen LogP contribution in [0.15, 0.2) is 24.3 Å². The lowest BCUT2D eigenvalue weighted by atomic mass is 10.0. The Morgan fingerprint density at radius 3 is 2.50 bits per heavy atom. The van der Waals surface area contributed by atoms with Crippen LogP contribution in [0.2, 0.25) is 0 Å². The Kier molecular flexibility index (Phi) is 4.39. The van der Waals surface area contributed by atoms with Gasteiger partial charge in [-0.3, -0.25) is 4.90 Å². The quantitative estimate of drug-likeness (QED) is 0.898. The maximum Gasteiger partial charge on any atom is 0.416 e. The number of hydrogen-bond donors (Lipinski definition) is 1. The summed E-state index contributed by atoms with van der Waals surface area (Å²) in [5.74, 6) is 0.596. The molecule has 0 heterocycles. The van der Waals surface area contributed by atoms with Gasteiger partial charge < -0.3 is 5.73 Å². The number of halogens is 3. The van der Waals surface area contributed by atoms with E-state index < -0.39 is 11.7 Å². The summed E-state index contributed by atoms with van der Waals surface area (Å²) in [7, 11) is 1.95. The van der Waals surface area contributed by atoms with Crippen molar-refractivity contribution in [2.45, 2.75) is 38.0 Å². The fourth-order valence-corrected chi connectivity index (χ4v) is 2.67. The second-order valence-corrected chi connectivity index (χ2v) is 5.61. The third-order valence-corrected chi connectivity index (χ3v) is 4.24. The lowest BCUT2D eigenvalue weighted by Gasteiger charge is -2.33. The smallest absolute Gasteiger partial charge is 0.329 e. The van der Waals surface area contributed by atoms with Crippen molar-refractivity contribution >= 4 is 0 Å². The van der Waals surface area contributed by atoms with Crippen LogP contribution in [0.3, 0.4) is 0 Å². The number of alkyl halides is 3. The Morgan fingerprint density at radius 1 is 1.35 bits per heavy atom. The third-order valence-electron chi connectivity index (χ3n) is 4.24. The van der Waals surface area contributed by atoms with Gasteiger partial charge in [-0.25, -0.2) is 0 Å². The van der Waals surface area contributed by atoms with Crippen LogP contribution in [0, 0.1) is 5.92 Å². The Balaban J connectivity index is 2.17. The van der Waals surface area contributed by atoms with Gasteiger partial charge in [-0.05, 0) is 50.4 Å². The first-order chi connectivity index (χ1) is 9.34. The first kappa shape index (κ1) is 15.3. The lowest BCUT2D eigenvalue weighted by Crippen LogP contribution is -2.41. The zero-order chi connectivity index (χ0) is 14.9. The zero-order valence-corrected chi connectivity index (χ0v) is 11.8. The molecule has 0 saturated heterocycles. The molecule has 0 aliphatic heterocycles. The molecule has 2 atom stereocenters. The molecule has 2 unspecified atom stereocenters. The van der Waals surface area contributed by atoms with E-state index in [0.717, 1.165) is 6.07 Å². The standard InChI is InChI=1S/C15H21F3N2/c1-10(20(2)14(9-19)11-6-7-11)12-4-3-5-13(8-12)15(16,17)18/h3-5,8,10-11,14H,6-7,9,19H2,1-2H3. The van der Waals surface area contributed by atoms with Crippen LogP contribution in [-0.2, 0) is 6.18 Å². The van der Waals surface area contributed by atoms with E-state index in [1.54, 1.807) is 6.07 Å². The Hall–Kier alpha value is -1.07. The monoisotopic (exact) mass is 286 g/mol. The van der Waals surface area contributed by atoms with E-state index in [4.69, 9.17) is 5.73 Å². The van der Waals surface area contributed by atoms with E-state index in [9.17, 15) is 13.2 Å². The van der Waals surface area contributed by atoms with Crippen LogP contribution in [-0.4, -0.2) is 24.5 Å². The van der Waals surface area contributed by atoms with Crippen molar-refractivity contribution in [3.05, 3.63) is 35.4 Å². The molecule has 0 bridgehead atoms. The van der Waals surface area contributed by atoms with Gasteiger partial charge in [0.15, 0.2) is 0 Å². The SMILES string of the molecule is CC(c1cccc(C(F)(F)F)c1)N(C)C(CN)C1CC1. The highest BCUT2D eigenvalue weighted by molar-refractivity contribution is 5.27. The van der Waals surface area contributed by atoms with Crippen LogP contribution in [0.5, 0.6) is 0 Å². The van der Waals surface area contributed by atoms with Crippen molar-refractivity contribution in [1.82, 2.24) is 4.90 Å². The van der Waals surface area contributed by atoms with Crippen molar-refractivity contribution in [3.8, 4) is 0 Å². The highest BCUT2D eigenvalue weighted by Crippen LogP contribution is 2.38. The van der Waals surface area contributed by atoms with E-state index >= 15 is 0 Å². The normalized spacial score (nSPS) is 19.1. The van der Waals surface area contributed by atoms with Crippen LogP contribution in [0.4, 0.5) is 13.2 Å². The minimum Gasteiger partial charge on any atom is -0.329 e. The molecule has 1 aliphatic rings. The molecule has 1 aromatic carbocycles. The van der Waals surface area contributed by atoms with Crippen LogP contribution in [0.25, 0.3) is 0 Å². The number of hydrogen-bond acceptors (Lipinski definition) is 2. The summed E-state index contributed by atoms with van der Waals surface area (Å²) in [6.07, 6.45) is -1.96. The highest BCUT2D eigenvalue weighted by Gasteiger charge is 2.35. The molecule has 2 nitrogen and oxygen atoms in total. The molecule has 2 rings (SSSR count). The minimum absolute atomic E-state index is 0.0774. The van der Waals surface area contributed by atoms with E-state index in [-0.39, 0.29) is 12.1 Å². The maximum absolute atomic E-state index is 12.8. The molecule has 5 heteroatoms. The van der Waals surface area contributed by atoms with Gasteiger partial charge in [0.2, 0.25) is 0 Å². The molecule has 112 valence electrons. The molecule has 20 heavy (non-hydrogen) atoms. The largest absolute Gasteiger partial charge is 0.416 e. The van der Waals surface area contributed by atoms with Crippen molar-refractivity contribution in [1.29, 1.82) is 0 Å². The van der Waals surface area contributed by atoms with Gasteiger partial charge in [-0.2, -0.15) is 13.2 Å². The van der Waals surface area contributed by atoms with Gasteiger partial charge in [0.05, 0.1) is 5.56 Å². The first-order valence-electron chi connectivity index (χ1n) is 6.93. The summed E-state index contributed by atoms with van der Waals surface area (Å²) in [6.45, 7) is 2.48. The number of likely N-dealkylation sites (N-methyl/N-ethyl adjacent to an activating group) is 1. The van der Waals surface area contributed by atoms with Gasteiger partial charge in [0, 0.05) is 18.6 Å². The second kappa shape index (κ2) is 5.74. The summed E-state index contributed by atoms with van der Waals surface area (Å²) in [5, 5.41) is 0. The molecule has 1 aliphatic carbocycles. The van der Waals surface area contributed by atoms with E-state index in [1.165, 1.54) is 25.0 Å². The molecule has 2 N–H and O–H groups in total. The predicted octanol–water partition coefficient (Wildman–Crippen LogP) is 3.44. The van der Waals surface area contributed by atoms with E-state index in [2.05, 4.69) is 4.90 Å². The van der Waals surface area contributed by atoms with Crippen molar-refractivity contribution in [3.63, 3.8) is 0 Å². The summed E-state index contributed by atoms with van der Waals surface area (Å²) < 4.78 is 38.3. The van der Waals surface area contributed by atoms with Crippen LogP contribution >= 0.6 is 0 Å². The maximum atomic E-state index is 12.8. The van der Waals surface area contributed by atoms with Crippen molar-refractivity contribution in [2.75, 3.05) is 13.6 Å². The van der Waals surface area contributed by atoms with Gasteiger partial charge in [0.25, 0.3) is 0 Å². The Bertz CT molecular complexity index is 455. The third kappa shape index (κ3) is 3.33. The number of benzene rings is 1. The molecule has 0 spiro atoms. The van der Waals surface area contributed by atoms with E-state index in [1.807, 2.05) is 14.0 Å². The fraction of sp³-hybridized carbons (Fsp3) is 0.600. The average Bonchev–Trinajstić information content (AvgIpc) is 3.22. The van der Waals surface area contributed by atoms with Crippen LogP contribution < -0.4 is 5.73 Å². The molecule has 0 amide bonds. The number of nitrogens with zero attached hydrogens (tertiary/aromatic N) is 1. The summed E-state index contributed by atoms with van der Waals surface area (Å²) in [4.78, 5) is 2.10. The van der Waals surface area contributed by atoms with Crippen molar-refractivity contribution in [2.24, 2.45) is 11.7 Å². The summed E-state index contributed by atoms with van der Waals surface area (Å²) in [6, 6.07) is 5.73. The van der Waals surface area contributed by atoms with Crippen molar-refractivity contribution < 1.29 is 13.2 Å². The molecule has 1 saturated carbocycles. The Morgan fingerprint density at radius 2 is 2.00 bits per heavy atom. The molecule has 1 fully saturated rings. The average molecular weight is 286 g/mol.